The maximum Gasteiger partial charge on any atom is 0.262 e. The van der Waals surface area contributed by atoms with Gasteiger partial charge in [-0.1, -0.05) is 60.7 Å². The van der Waals surface area contributed by atoms with Gasteiger partial charge in [-0.25, -0.2) is 8.42 Å². The summed E-state index contributed by atoms with van der Waals surface area (Å²) in [5.41, 5.74) is 2.17. The van der Waals surface area contributed by atoms with E-state index in [9.17, 15) is 13.2 Å². The predicted octanol–water partition coefficient (Wildman–Crippen LogP) is 3.33. The molecule has 1 amide bonds. The van der Waals surface area contributed by atoms with Crippen molar-refractivity contribution >= 4 is 27.3 Å². The van der Waals surface area contributed by atoms with Crippen molar-refractivity contribution in [3.8, 4) is 0 Å². The Morgan fingerprint density at radius 1 is 0.968 bits per heavy atom. The number of sulfonamides is 1. The van der Waals surface area contributed by atoms with Gasteiger partial charge in [0.2, 0.25) is 10.0 Å². The van der Waals surface area contributed by atoms with Crippen LogP contribution in [0.2, 0.25) is 0 Å². The molecular formula is C23H24N2O4S2. The number of rotatable bonds is 7. The lowest BCUT2D eigenvalue weighted by atomic mass is 9.91. The van der Waals surface area contributed by atoms with Crippen LogP contribution in [-0.4, -0.2) is 51.5 Å². The van der Waals surface area contributed by atoms with E-state index >= 15 is 0 Å². The molecule has 0 aliphatic carbocycles. The standard InChI is InChI=1S/C23H24N2O4S2/c26-23(22-21(11-16-30-22)31(27,28)25-12-14-29-15-13-25)24-17-20(18-7-3-1-4-8-18)19-9-5-2-6-10-19/h1-11,16,20H,12-15,17H2,(H,24,26). The number of nitrogens with one attached hydrogen (secondary N) is 1. The van der Waals surface area contributed by atoms with Crippen molar-refractivity contribution in [2.45, 2.75) is 10.8 Å². The van der Waals surface area contributed by atoms with Crippen molar-refractivity contribution in [2.75, 3.05) is 32.8 Å². The van der Waals surface area contributed by atoms with Crippen molar-refractivity contribution in [2.24, 2.45) is 0 Å². The molecule has 8 heteroatoms. The summed E-state index contributed by atoms with van der Waals surface area (Å²) in [6.07, 6.45) is 0. The summed E-state index contributed by atoms with van der Waals surface area (Å²) < 4.78 is 32.7. The Bertz CT molecular complexity index is 1070. The second kappa shape index (κ2) is 9.74. The number of hydrogen-bond donors (Lipinski definition) is 1. The Hall–Kier alpha value is -2.52. The number of nitrogens with zero attached hydrogens (tertiary/aromatic N) is 1. The van der Waals surface area contributed by atoms with E-state index in [1.165, 1.54) is 10.4 Å². The molecule has 0 spiro atoms. The lowest BCUT2D eigenvalue weighted by molar-refractivity contribution is 0.0730. The lowest BCUT2D eigenvalue weighted by Crippen LogP contribution is -2.41. The van der Waals surface area contributed by atoms with Gasteiger partial charge in [-0.2, -0.15) is 4.31 Å². The summed E-state index contributed by atoms with van der Waals surface area (Å²) >= 11 is 1.14. The van der Waals surface area contributed by atoms with E-state index < -0.39 is 10.0 Å². The normalized spacial score (nSPS) is 15.1. The summed E-state index contributed by atoms with van der Waals surface area (Å²) in [5, 5.41) is 4.61. The van der Waals surface area contributed by atoms with Crippen LogP contribution >= 0.6 is 11.3 Å². The van der Waals surface area contributed by atoms with Gasteiger partial charge >= 0.3 is 0 Å². The van der Waals surface area contributed by atoms with E-state index in [0.717, 1.165) is 22.5 Å². The van der Waals surface area contributed by atoms with Crippen LogP contribution in [0, 0.1) is 0 Å². The first-order chi connectivity index (χ1) is 15.1. The molecule has 162 valence electrons. The predicted molar refractivity (Wildman–Crippen MR) is 121 cm³/mol. The first-order valence-corrected chi connectivity index (χ1v) is 12.4. The molecule has 0 atom stereocenters. The topological polar surface area (TPSA) is 75.7 Å². The van der Waals surface area contributed by atoms with Crippen LogP contribution in [0.5, 0.6) is 0 Å². The van der Waals surface area contributed by atoms with Gasteiger partial charge in [0.15, 0.2) is 0 Å². The van der Waals surface area contributed by atoms with E-state index in [0.29, 0.717) is 32.8 Å². The molecular weight excluding hydrogens is 432 g/mol. The zero-order chi connectivity index (χ0) is 21.7. The molecule has 0 radical (unpaired) electrons. The third-order valence-corrected chi connectivity index (χ3v) is 8.28. The Kier molecular flexibility index (Phi) is 6.82. The molecule has 2 aromatic carbocycles. The maximum absolute atomic E-state index is 13.1. The summed E-state index contributed by atoms with van der Waals surface area (Å²) in [5.74, 6) is -0.413. The molecule has 1 saturated heterocycles. The smallest absolute Gasteiger partial charge is 0.262 e. The first kappa shape index (κ1) is 21.7. The summed E-state index contributed by atoms with van der Waals surface area (Å²) in [6, 6.07) is 21.4. The van der Waals surface area contributed by atoms with Crippen LogP contribution in [0.3, 0.4) is 0 Å². The number of hydrogen-bond acceptors (Lipinski definition) is 5. The van der Waals surface area contributed by atoms with Gasteiger partial charge in [0.1, 0.15) is 9.77 Å². The van der Waals surface area contributed by atoms with Crippen LogP contribution < -0.4 is 5.32 Å². The Balaban J connectivity index is 1.54. The average Bonchev–Trinajstić information content (AvgIpc) is 3.32. The second-order valence-corrected chi connectivity index (χ2v) is 10.0. The largest absolute Gasteiger partial charge is 0.379 e. The molecule has 1 N–H and O–H groups in total. The van der Waals surface area contributed by atoms with Gasteiger partial charge in [-0.05, 0) is 22.6 Å². The summed E-state index contributed by atoms with van der Waals surface area (Å²) in [7, 11) is -3.73. The van der Waals surface area contributed by atoms with Crippen LogP contribution in [0.25, 0.3) is 0 Å². The quantitative estimate of drug-likeness (QED) is 0.592. The van der Waals surface area contributed by atoms with Crippen molar-refractivity contribution in [1.29, 1.82) is 0 Å². The Labute approximate surface area is 186 Å². The van der Waals surface area contributed by atoms with E-state index in [1.807, 2.05) is 60.7 Å². The van der Waals surface area contributed by atoms with Crippen LogP contribution in [0.4, 0.5) is 0 Å². The van der Waals surface area contributed by atoms with Crippen molar-refractivity contribution in [3.05, 3.63) is 88.1 Å². The van der Waals surface area contributed by atoms with E-state index in [-0.39, 0.29) is 21.6 Å². The van der Waals surface area contributed by atoms with E-state index in [2.05, 4.69) is 5.32 Å². The van der Waals surface area contributed by atoms with E-state index in [1.54, 1.807) is 5.38 Å². The minimum Gasteiger partial charge on any atom is -0.379 e. The minimum atomic E-state index is -3.73. The monoisotopic (exact) mass is 456 g/mol. The van der Waals surface area contributed by atoms with E-state index in [4.69, 9.17) is 4.74 Å². The number of thiophene rings is 1. The van der Waals surface area contributed by atoms with Gasteiger partial charge in [-0.3, -0.25) is 4.79 Å². The molecule has 2 heterocycles. The van der Waals surface area contributed by atoms with Crippen molar-refractivity contribution in [3.63, 3.8) is 0 Å². The minimum absolute atomic E-state index is 0.0365. The van der Waals surface area contributed by atoms with Gasteiger partial charge in [0, 0.05) is 25.6 Å². The third kappa shape index (κ3) is 4.88. The molecule has 1 aliphatic heterocycles. The fraction of sp³-hybridized carbons (Fsp3) is 0.261. The van der Waals surface area contributed by atoms with Crippen molar-refractivity contribution < 1.29 is 17.9 Å². The Morgan fingerprint density at radius 2 is 1.55 bits per heavy atom. The molecule has 1 fully saturated rings. The SMILES string of the molecule is O=C(NCC(c1ccccc1)c1ccccc1)c1sccc1S(=O)(=O)N1CCOCC1. The zero-order valence-corrected chi connectivity index (χ0v) is 18.6. The molecule has 3 aromatic rings. The molecule has 4 rings (SSSR count). The van der Waals surface area contributed by atoms with Gasteiger partial charge in [0.25, 0.3) is 5.91 Å². The maximum atomic E-state index is 13.1. The molecule has 6 nitrogen and oxygen atoms in total. The number of carbonyl (C=O) groups excluding carboxylic acids is 1. The number of benzene rings is 2. The first-order valence-electron chi connectivity index (χ1n) is 10.1. The summed E-state index contributed by atoms with van der Waals surface area (Å²) in [6.45, 7) is 1.68. The highest BCUT2D eigenvalue weighted by molar-refractivity contribution is 7.89. The third-order valence-electron chi connectivity index (χ3n) is 5.29. The lowest BCUT2D eigenvalue weighted by Gasteiger charge is -2.26. The summed E-state index contributed by atoms with van der Waals surface area (Å²) in [4.78, 5) is 13.3. The second-order valence-electron chi connectivity index (χ2n) is 7.21. The molecule has 31 heavy (non-hydrogen) atoms. The molecule has 1 aliphatic rings. The highest BCUT2D eigenvalue weighted by Gasteiger charge is 2.31. The number of amides is 1. The zero-order valence-electron chi connectivity index (χ0n) is 16.9. The fourth-order valence-corrected chi connectivity index (χ4v) is 6.39. The fourth-order valence-electron chi connectivity index (χ4n) is 3.67. The average molecular weight is 457 g/mol. The number of carbonyl (C=O) groups is 1. The van der Waals surface area contributed by atoms with Crippen LogP contribution in [0.1, 0.15) is 26.7 Å². The number of morpholine rings is 1. The Morgan fingerprint density at radius 3 is 2.13 bits per heavy atom. The highest BCUT2D eigenvalue weighted by Crippen LogP contribution is 2.27. The van der Waals surface area contributed by atoms with Crippen molar-refractivity contribution in [1.82, 2.24) is 9.62 Å². The molecule has 0 saturated carbocycles. The number of ether oxygens (including phenoxy) is 1. The molecule has 0 bridgehead atoms. The van der Waals surface area contributed by atoms with Crippen LogP contribution in [0.15, 0.2) is 77.0 Å². The van der Waals surface area contributed by atoms with Gasteiger partial charge in [0.05, 0.1) is 13.2 Å². The van der Waals surface area contributed by atoms with Gasteiger partial charge in [-0.15, -0.1) is 11.3 Å². The molecule has 0 unspecified atom stereocenters. The highest BCUT2D eigenvalue weighted by atomic mass is 32.2. The van der Waals surface area contributed by atoms with Crippen LogP contribution in [-0.2, 0) is 14.8 Å². The van der Waals surface area contributed by atoms with Gasteiger partial charge < -0.3 is 10.1 Å². The molecule has 1 aromatic heterocycles.